The molecule has 0 spiro atoms. The zero-order valence-electron chi connectivity index (χ0n) is 13.1. The van der Waals surface area contributed by atoms with Crippen LogP contribution in [0.5, 0.6) is 5.75 Å². The fourth-order valence-electron chi connectivity index (χ4n) is 2.12. The van der Waals surface area contributed by atoms with Gasteiger partial charge in [-0.3, -0.25) is 4.79 Å². The first-order valence-electron chi connectivity index (χ1n) is 7.45. The van der Waals surface area contributed by atoms with Crippen LogP contribution in [0, 0.1) is 11.3 Å². The van der Waals surface area contributed by atoms with E-state index < -0.39 is 5.91 Å². The number of phenolic OH excluding ortho intramolecular Hbond substituents is 1. The summed E-state index contributed by atoms with van der Waals surface area (Å²) in [6, 6.07) is 12.5. The molecule has 3 N–H and O–H groups in total. The Labute approximate surface area is 135 Å². The summed E-state index contributed by atoms with van der Waals surface area (Å²) in [6.07, 6.45) is 2.18. The number of nitriles is 1. The van der Waals surface area contributed by atoms with Crippen molar-refractivity contribution in [2.45, 2.75) is 26.3 Å². The van der Waals surface area contributed by atoms with Gasteiger partial charge in [0.05, 0.1) is 0 Å². The van der Waals surface area contributed by atoms with E-state index in [0.717, 1.165) is 11.8 Å². The number of hydrogen-bond acceptors (Lipinski definition) is 4. The number of nitrogens with one attached hydrogen (secondary N) is 2. The molecule has 0 fully saturated rings. The molecule has 1 atom stereocenters. The summed E-state index contributed by atoms with van der Waals surface area (Å²) in [5.74, 6) is -0.220. The predicted octanol–water partition coefficient (Wildman–Crippen LogP) is 3.28. The minimum absolute atomic E-state index is 0.00227. The molecule has 0 saturated carbocycles. The Hall–Kier alpha value is -3.00. The summed E-state index contributed by atoms with van der Waals surface area (Å²) >= 11 is 0. The van der Waals surface area contributed by atoms with Crippen molar-refractivity contribution >= 4 is 22.4 Å². The van der Waals surface area contributed by atoms with Gasteiger partial charge >= 0.3 is 0 Å². The number of aromatic hydroxyl groups is 1. The average molecular weight is 309 g/mol. The van der Waals surface area contributed by atoms with Crippen LogP contribution in [0.25, 0.3) is 10.8 Å². The van der Waals surface area contributed by atoms with Crippen LogP contribution >= 0.6 is 0 Å². The highest BCUT2D eigenvalue weighted by molar-refractivity contribution is 6.00. The molecule has 5 nitrogen and oxygen atoms in total. The lowest BCUT2D eigenvalue weighted by Gasteiger charge is -2.11. The van der Waals surface area contributed by atoms with Gasteiger partial charge in [-0.25, -0.2) is 0 Å². The molecule has 23 heavy (non-hydrogen) atoms. The minimum atomic E-state index is -0.405. The first-order valence-corrected chi connectivity index (χ1v) is 7.45. The van der Waals surface area contributed by atoms with Crippen LogP contribution in [0.15, 0.2) is 48.2 Å². The second kappa shape index (κ2) is 7.32. The summed E-state index contributed by atoms with van der Waals surface area (Å²) in [5.41, 5.74) is 0.713. The third-order valence-corrected chi connectivity index (χ3v) is 3.63. The number of carbonyl (C=O) groups excluding carboxylic acids is 1. The van der Waals surface area contributed by atoms with E-state index in [2.05, 4.69) is 10.6 Å². The number of amides is 1. The van der Waals surface area contributed by atoms with Crippen molar-refractivity contribution in [2.75, 3.05) is 5.32 Å². The standard InChI is InChI=1S/C18H19N3O2/c1-3-12(2)21-18(23)13(10-19)11-20-16-8-4-7-15-14(16)6-5-9-17(15)22/h4-9,11-12,20,22H,3H2,1-2H3,(H,21,23)/b13-11-. The molecular weight excluding hydrogens is 290 g/mol. The number of benzene rings is 2. The normalized spacial score (nSPS) is 12.5. The van der Waals surface area contributed by atoms with Crippen LogP contribution in [-0.4, -0.2) is 17.1 Å². The van der Waals surface area contributed by atoms with Gasteiger partial charge in [-0.15, -0.1) is 0 Å². The molecule has 5 heteroatoms. The van der Waals surface area contributed by atoms with Gasteiger partial charge in [0.25, 0.3) is 5.91 Å². The predicted molar refractivity (Wildman–Crippen MR) is 90.8 cm³/mol. The van der Waals surface area contributed by atoms with Gasteiger partial charge in [0.2, 0.25) is 0 Å². The van der Waals surface area contributed by atoms with Crippen molar-refractivity contribution in [3.8, 4) is 11.8 Å². The van der Waals surface area contributed by atoms with Crippen LogP contribution in [0.3, 0.4) is 0 Å². The highest BCUT2D eigenvalue weighted by Crippen LogP contribution is 2.29. The lowest BCUT2D eigenvalue weighted by atomic mass is 10.1. The van der Waals surface area contributed by atoms with E-state index in [-0.39, 0.29) is 17.4 Å². The van der Waals surface area contributed by atoms with Crippen molar-refractivity contribution in [3.63, 3.8) is 0 Å². The maximum absolute atomic E-state index is 12.0. The molecule has 0 radical (unpaired) electrons. The molecule has 118 valence electrons. The van der Waals surface area contributed by atoms with E-state index in [0.29, 0.717) is 11.1 Å². The molecule has 0 aliphatic heterocycles. The summed E-state index contributed by atoms with van der Waals surface area (Å²) in [6.45, 7) is 3.84. The lowest BCUT2D eigenvalue weighted by molar-refractivity contribution is -0.117. The second-order valence-corrected chi connectivity index (χ2v) is 5.27. The fourth-order valence-corrected chi connectivity index (χ4v) is 2.12. The number of rotatable bonds is 5. The molecule has 0 saturated heterocycles. The molecular formula is C18H19N3O2. The van der Waals surface area contributed by atoms with Gasteiger partial charge in [0.1, 0.15) is 17.4 Å². The number of phenols is 1. The van der Waals surface area contributed by atoms with Crippen LogP contribution in [0.2, 0.25) is 0 Å². The molecule has 2 aromatic carbocycles. The van der Waals surface area contributed by atoms with Crippen molar-refractivity contribution in [1.29, 1.82) is 5.26 Å². The summed E-state index contributed by atoms with van der Waals surface area (Å²) in [4.78, 5) is 12.0. The smallest absolute Gasteiger partial charge is 0.263 e. The Morgan fingerprint density at radius 1 is 1.30 bits per heavy atom. The van der Waals surface area contributed by atoms with Crippen molar-refractivity contribution in [1.82, 2.24) is 5.32 Å². The molecule has 0 heterocycles. The van der Waals surface area contributed by atoms with Gasteiger partial charge in [-0.1, -0.05) is 31.2 Å². The van der Waals surface area contributed by atoms with Crippen molar-refractivity contribution in [3.05, 3.63) is 48.2 Å². The minimum Gasteiger partial charge on any atom is -0.507 e. The fraction of sp³-hybridized carbons (Fsp3) is 0.222. The topological polar surface area (TPSA) is 85.2 Å². The van der Waals surface area contributed by atoms with Gasteiger partial charge in [0, 0.05) is 28.7 Å². The van der Waals surface area contributed by atoms with E-state index in [1.807, 2.05) is 32.0 Å². The summed E-state index contributed by atoms with van der Waals surface area (Å²) in [7, 11) is 0. The van der Waals surface area contributed by atoms with E-state index in [4.69, 9.17) is 5.26 Å². The third kappa shape index (κ3) is 3.80. The Morgan fingerprint density at radius 2 is 2.00 bits per heavy atom. The van der Waals surface area contributed by atoms with Crippen LogP contribution < -0.4 is 10.6 Å². The highest BCUT2D eigenvalue weighted by atomic mass is 16.3. The zero-order valence-corrected chi connectivity index (χ0v) is 13.1. The molecule has 0 aromatic heterocycles. The number of hydrogen-bond donors (Lipinski definition) is 3. The number of carbonyl (C=O) groups is 1. The van der Waals surface area contributed by atoms with Crippen molar-refractivity contribution < 1.29 is 9.90 Å². The molecule has 0 aliphatic carbocycles. The van der Waals surface area contributed by atoms with Gasteiger partial charge < -0.3 is 15.7 Å². The quantitative estimate of drug-likeness (QED) is 0.584. The first-order chi connectivity index (χ1) is 11.1. The number of nitrogens with zero attached hydrogens (tertiary/aromatic N) is 1. The molecule has 2 aromatic rings. The SMILES string of the molecule is CCC(C)NC(=O)/C(C#N)=C\Nc1cccc2c(O)cccc12. The Bertz CT molecular complexity index is 790. The zero-order chi connectivity index (χ0) is 16.8. The summed E-state index contributed by atoms with van der Waals surface area (Å²) in [5, 5.41) is 26.3. The molecule has 2 rings (SSSR count). The van der Waals surface area contributed by atoms with E-state index in [1.165, 1.54) is 6.20 Å². The highest BCUT2D eigenvalue weighted by Gasteiger charge is 2.11. The largest absolute Gasteiger partial charge is 0.507 e. The number of fused-ring (bicyclic) bond motifs is 1. The monoisotopic (exact) mass is 309 g/mol. The van der Waals surface area contributed by atoms with Crippen LogP contribution in [-0.2, 0) is 4.79 Å². The van der Waals surface area contributed by atoms with E-state index in [1.54, 1.807) is 24.3 Å². The first kappa shape index (κ1) is 16.4. The van der Waals surface area contributed by atoms with Crippen LogP contribution in [0.4, 0.5) is 5.69 Å². The molecule has 0 bridgehead atoms. The van der Waals surface area contributed by atoms with E-state index in [9.17, 15) is 9.90 Å². The van der Waals surface area contributed by atoms with E-state index >= 15 is 0 Å². The lowest BCUT2D eigenvalue weighted by Crippen LogP contribution is -2.33. The molecule has 1 amide bonds. The van der Waals surface area contributed by atoms with Gasteiger partial charge in [-0.2, -0.15) is 5.26 Å². The Kier molecular flexibility index (Phi) is 5.21. The van der Waals surface area contributed by atoms with Gasteiger partial charge in [-0.05, 0) is 25.5 Å². The van der Waals surface area contributed by atoms with Crippen molar-refractivity contribution in [2.24, 2.45) is 0 Å². The van der Waals surface area contributed by atoms with Gasteiger partial charge in [0.15, 0.2) is 0 Å². The molecule has 1 unspecified atom stereocenters. The maximum atomic E-state index is 12.0. The second-order valence-electron chi connectivity index (χ2n) is 5.27. The number of anilines is 1. The maximum Gasteiger partial charge on any atom is 0.263 e. The third-order valence-electron chi connectivity index (χ3n) is 3.63. The Balaban J connectivity index is 2.26. The molecule has 0 aliphatic rings. The average Bonchev–Trinajstić information content (AvgIpc) is 2.56. The van der Waals surface area contributed by atoms with Crippen LogP contribution in [0.1, 0.15) is 20.3 Å². The summed E-state index contributed by atoms with van der Waals surface area (Å²) < 4.78 is 0. The Morgan fingerprint density at radius 3 is 2.70 bits per heavy atom.